The quantitative estimate of drug-likeness (QED) is 0.500. The Balaban J connectivity index is 1.37. The van der Waals surface area contributed by atoms with Crippen LogP contribution in [0.4, 0.5) is 11.8 Å². The van der Waals surface area contributed by atoms with Crippen molar-refractivity contribution in [2.75, 3.05) is 10.0 Å². The van der Waals surface area contributed by atoms with Gasteiger partial charge in [-0.15, -0.1) is 5.10 Å². The molecule has 0 spiro atoms. The van der Waals surface area contributed by atoms with Crippen molar-refractivity contribution in [2.45, 2.75) is 17.7 Å². The largest absolute Gasteiger partial charge is 0.293 e. The smallest absolute Gasteiger partial charge is 0.249 e. The Morgan fingerprint density at radius 3 is 2.60 bits per heavy atom. The van der Waals surface area contributed by atoms with Gasteiger partial charge in [-0.3, -0.25) is 14.8 Å². The van der Waals surface area contributed by atoms with E-state index in [1.807, 2.05) is 42.5 Å². The van der Waals surface area contributed by atoms with Crippen molar-refractivity contribution < 1.29 is 9.00 Å². The Morgan fingerprint density at radius 1 is 1.03 bits per heavy atom. The third kappa shape index (κ3) is 3.79. The van der Waals surface area contributed by atoms with Gasteiger partial charge >= 0.3 is 0 Å². The average Bonchev–Trinajstić information content (AvgIpc) is 3.55. The molecule has 150 valence electrons. The molecule has 30 heavy (non-hydrogen) atoms. The van der Waals surface area contributed by atoms with E-state index in [0.717, 1.165) is 24.1 Å². The highest BCUT2D eigenvalue weighted by molar-refractivity contribution is 7.86. The maximum Gasteiger partial charge on any atom is 0.249 e. The normalized spacial score (nSPS) is 14.4. The summed E-state index contributed by atoms with van der Waals surface area (Å²) in [4.78, 5) is 21.4. The minimum absolute atomic E-state index is 0.0315. The lowest BCUT2D eigenvalue weighted by molar-refractivity contribution is -0.117. The number of rotatable bonds is 6. The van der Waals surface area contributed by atoms with Gasteiger partial charge in [0, 0.05) is 17.7 Å². The first kappa shape index (κ1) is 18.4. The topological polar surface area (TPSA) is 101 Å². The summed E-state index contributed by atoms with van der Waals surface area (Å²) in [5.74, 6) is 0.852. The predicted molar refractivity (Wildman–Crippen MR) is 114 cm³/mol. The molecule has 1 saturated carbocycles. The number of fused-ring (bicyclic) bond motifs is 1. The van der Waals surface area contributed by atoms with Gasteiger partial charge in [0.25, 0.3) is 0 Å². The molecule has 1 aliphatic carbocycles. The summed E-state index contributed by atoms with van der Waals surface area (Å²) < 4.78 is 17.0. The van der Waals surface area contributed by atoms with Gasteiger partial charge in [-0.2, -0.15) is 4.98 Å². The zero-order valence-corrected chi connectivity index (χ0v) is 16.7. The standard InChI is InChI=1S/C21H18N6O2S/c28-20(14-9-10-14)24-21-23-19-8-4-7-17(27(19)25-21)15-11-12-18(22-13-15)26-30(29)16-5-2-1-3-6-16/h1-8,11-14H,9-10H2,(H,22,26)(H,24,25,28). The molecular weight excluding hydrogens is 400 g/mol. The number of hydrogen-bond donors (Lipinski definition) is 2. The summed E-state index contributed by atoms with van der Waals surface area (Å²) in [6.45, 7) is 0. The highest BCUT2D eigenvalue weighted by Gasteiger charge is 2.30. The van der Waals surface area contributed by atoms with Crippen LogP contribution in [0, 0.1) is 5.92 Å². The third-order valence-electron chi connectivity index (χ3n) is 4.76. The van der Waals surface area contributed by atoms with E-state index < -0.39 is 11.0 Å². The van der Waals surface area contributed by atoms with E-state index in [-0.39, 0.29) is 11.8 Å². The fourth-order valence-electron chi connectivity index (χ4n) is 3.04. The molecule has 1 aromatic carbocycles. The van der Waals surface area contributed by atoms with E-state index in [1.165, 1.54) is 0 Å². The molecule has 1 amide bonds. The number of nitrogens with one attached hydrogen (secondary N) is 2. The van der Waals surface area contributed by atoms with E-state index in [0.29, 0.717) is 22.3 Å². The van der Waals surface area contributed by atoms with Crippen LogP contribution in [0.5, 0.6) is 0 Å². The second-order valence-electron chi connectivity index (χ2n) is 7.00. The van der Waals surface area contributed by atoms with Crippen LogP contribution < -0.4 is 10.0 Å². The number of aromatic nitrogens is 4. The van der Waals surface area contributed by atoms with E-state index in [9.17, 15) is 9.00 Å². The van der Waals surface area contributed by atoms with Crippen LogP contribution in [0.15, 0.2) is 71.8 Å². The molecule has 0 aliphatic heterocycles. The summed E-state index contributed by atoms with van der Waals surface area (Å²) in [6, 6.07) is 18.4. The number of hydrogen-bond acceptors (Lipinski definition) is 5. The zero-order chi connectivity index (χ0) is 20.5. The van der Waals surface area contributed by atoms with Crippen molar-refractivity contribution in [3.8, 4) is 11.3 Å². The van der Waals surface area contributed by atoms with Gasteiger partial charge in [-0.1, -0.05) is 24.3 Å². The number of carbonyl (C=O) groups is 1. The molecule has 3 heterocycles. The second kappa shape index (κ2) is 7.68. The van der Waals surface area contributed by atoms with Crippen LogP contribution in [0.25, 0.3) is 16.9 Å². The molecular formula is C21H18N6O2S. The maximum absolute atomic E-state index is 12.4. The lowest BCUT2D eigenvalue weighted by atomic mass is 10.2. The number of carbonyl (C=O) groups excluding carboxylic acids is 1. The van der Waals surface area contributed by atoms with Gasteiger partial charge in [-0.25, -0.2) is 13.7 Å². The second-order valence-corrected chi connectivity index (χ2v) is 8.21. The molecule has 1 unspecified atom stereocenters. The molecule has 0 bridgehead atoms. The van der Waals surface area contributed by atoms with Crippen LogP contribution in [0.1, 0.15) is 12.8 Å². The molecule has 9 heteroatoms. The minimum atomic E-state index is -1.39. The minimum Gasteiger partial charge on any atom is -0.293 e. The van der Waals surface area contributed by atoms with Crippen LogP contribution in [0.2, 0.25) is 0 Å². The summed E-state index contributed by atoms with van der Waals surface area (Å²) in [7, 11) is -1.39. The van der Waals surface area contributed by atoms with Gasteiger partial charge in [0.2, 0.25) is 11.9 Å². The summed E-state index contributed by atoms with van der Waals surface area (Å²) in [5.41, 5.74) is 2.24. The summed E-state index contributed by atoms with van der Waals surface area (Å²) >= 11 is 0. The van der Waals surface area contributed by atoms with Crippen molar-refractivity contribution >= 4 is 34.3 Å². The molecule has 1 atom stereocenters. The highest BCUT2D eigenvalue weighted by atomic mass is 32.2. The number of nitrogens with zero attached hydrogens (tertiary/aromatic N) is 4. The van der Waals surface area contributed by atoms with Crippen LogP contribution in [0.3, 0.4) is 0 Å². The van der Waals surface area contributed by atoms with Crippen molar-refractivity contribution in [1.29, 1.82) is 0 Å². The van der Waals surface area contributed by atoms with E-state index in [1.54, 1.807) is 28.9 Å². The molecule has 3 aromatic heterocycles. The summed E-state index contributed by atoms with van der Waals surface area (Å²) in [5, 5.41) is 7.21. The van der Waals surface area contributed by atoms with E-state index in [4.69, 9.17) is 0 Å². The van der Waals surface area contributed by atoms with Gasteiger partial charge < -0.3 is 0 Å². The van der Waals surface area contributed by atoms with Crippen molar-refractivity contribution in [3.63, 3.8) is 0 Å². The Labute approximate surface area is 175 Å². The van der Waals surface area contributed by atoms with Gasteiger partial charge in [0.05, 0.1) is 10.6 Å². The fraction of sp³-hybridized carbons (Fsp3) is 0.143. The molecule has 0 saturated heterocycles. The number of amides is 1. The Hall–Kier alpha value is -3.59. The predicted octanol–water partition coefficient (Wildman–Crippen LogP) is 3.27. The monoisotopic (exact) mass is 418 g/mol. The Bertz CT molecular complexity index is 1240. The molecule has 2 N–H and O–H groups in total. The van der Waals surface area contributed by atoms with Crippen LogP contribution >= 0.6 is 0 Å². The van der Waals surface area contributed by atoms with Crippen molar-refractivity contribution in [1.82, 2.24) is 19.6 Å². The number of pyridine rings is 2. The maximum atomic E-state index is 12.4. The lowest BCUT2D eigenvalue weighted by Gasteiger charge is -2.07. The Kier molecular flexibility index (Phi) is 4.72. The highest BCUT2D eigenvalue weighted by Crippen LogP contribution is 2.30. The third-order valence-corrected chi connectivity index (χ3v) is 5.85. The van der Waals surface area contributed by atoms with E-state index in [2.05, 4.69) is 25.1 Å². The SMILES string of the molecule is O=C(Nc1nc2cccc(-c3ccc(NS(=O)c4ccccc4)nc3)n2n1)C1CC1. The molecule has 4 aromatic rings. The van der Waals surface area contributed by atoms with Gasteiger partial charge in [-0.05, 0) is 49.2 Å². The first-order valence-corrected chi connectivity index (χ1v) is 10.7. The van der Waals surface area contributed by atoms with Gasteiger partial charge in [0.15, 0.2) is 16.6 Å². The lowest BCUT2D eigenvalue weighted by Crippen LogP contribution is -2.14. The van der Waals surface area contributed by atoms with Crippen LogP contribution in [-0.4, -0.2) is 29.7 Å². The first-order chi connectivity index (χ1) is 14.7. The number of benzene rings is 1. The molecule has 8 nitrogen and oxygen atoms in total. The van der Waals surface area contributed by atoms with Gasteiger partial charge in [0.1, 0.15) is 5.82 Å². The molecule has 1 fully saturated rings. The average molecular weight is 418 g/mol. The Morgan fingerprint density at radius 2 is 1.87 bits per heavy atom. The zero-order valence-electron chi connectivity index (χ0n) is 15.9. The van der Waals surface area contributed by atoms with Crippen molar-refractivity contribution in [2.24, 2.45) is 5.92 Å². The molecule has 0 radical (unpaired) electrons. The molecule has 1 aliphatic rings. The molecule has 5 rings (SSSR count). The fourth-order valence-corrected chi connectivity index (χ4v) is 3.87. The van der Waals surface area contributed by atoms with Crippen molar-refractivity contribution in [3.05, 3.63) is 66.9 Å². The van der Waals surface area contributed by atoms with E-state index >= 15 is 0 Å². The number of anilines is 2. The summed E-state index contributed by atoms with van der Waals surface area (Å²) in [6.07, 6.45) is 3.53. The van der Waals surface area contributed by atoms with Crippen LogP contribution in [-0.2, 0) is 15.8 Å². The first-order valence-electron chi connectivity index (χ1n) is 9.54.